The van der Waals surface area contributed by atoms with Crippen molar-refractivity contribution in [3.05, 3.63) is 0 Å². The summed E-state index contributed by atoms with van der Waals surface area (Å²) >= 11 is 0. The number of nitrogens with zero attached hydrogens (tertiary/aromatic N) is 1. The van der Waals surface area contributed by atoms with E-state index in [9.17, 15) is 4.79 Å². The third-order valence-electron chi connectivity index (χ3n) is 2.86. The molecule has 1 saturated heterocycles. The Hall–Kier alpha value is -0.650. The highest BCUT2D eigenvalue weighted by atomic mass is 16.5. The van der Waals surface area contributed by atoms with Crippen LogP contribution in [0.1, 0.15) is 19.8 Å². The van der Waals surface area contributed by atoms with Crippen LogP contribution in [0.25, 0.3) is 0 Å². The molecular weight excluding hydrogens is 208 g/mol. The summed E-state index contributed by atoms with van der Waals surface area (Å²) in [5, 5.41) is 0. The molecule has 0 aliphatic carbocycles. The molecule has 0 radical (unpaired) electrons. The normalized spacial score (nSPS) is 23.2. The lowest BCUT2D eigenvalue weighted by molar-refractivity contribution is -0.140. The minimum Gasteiger partial charge on any atom is -0.385 e. The minimum atomic E-state index is -0.449. The summed E-state index contributed by atoms with van der Waals surface area (Å²) in [5.74, 6) is 0.0128. The molecule has 0 aromatic rings. The predicted molar refractivity (Wildman–Crippen MR) is 61.1 cm³/mol. The smallest absolute Gasteiger partial charge is 0.239 e. The van der Waals surface area contributed by atoms with Crippen molar-refractivity contribution in [1.82, 2.24) is 4.90 Å². The molecule has 94 valence electrons. The van der Waals surface area contributed by atoms with E-state index in [2.05, 4.69) is 6.92 Å². The van der Waals surface area contributed by atoms with Crippen LogP contribution in [0, 0.1) is 0 Å². The van der Waals surface area contributed by atoms with Gasteiger partial charge in [0.1, 0.15) is 0 Å². The number of rotatable bonds is 5. The first kappa shape index (κ1) is 13.4. The number of morpholine rings is 1. The Morgan fingerprint density at radius 3 is 3.06 bits per heavy atom. The first-order valence-electron chi connectivity index (χ1n) is 5.84. The molecule has 2 atom stereocenters. The van der Waals surface area contributed by atoms with Crippen LogP contribution in [-0.4, -0.2) is 56.4 Å². The van der Waals surface area contributed by atoms with Crippen LogP contribution in [0.3, 0.4) is 0 Å². The van der Waals surface area contributed by atoms with E-state index in [1.165, 1.54) is 0 Å². The summed E-state index contributed by atoms with van der Waals surface area (Å²) in [6.07, 6.45) is 1.66. The van der Waals surface area contributed by atoms with E-state index in [4.69, 9.17) is 15.2 Å². The van der Waals surface area contributed by atoms with Crippen molar-refractivity contribution in [2.75, 3.05) is 33.4 Å². The van der Waals surface area contributed by atoms with E-state index in [0.717, 1.165) is 6.42 Å². The van der Waals surface area contributed by atoms with Crippen molar-refractivity contribution in [1.29, 1.82) is 0 Å². The van der Waals surface area contributed by atoms with Gasteiger partial charge in [-0.2, -0.15) is 0 Å². The minimum absolute atomic E-state index is 0.0128. The molecule has 0 spiro atoms. The third kappa shape index (κ3) is 3.73. The Balaban J connectivity index is 2.40. The number of carbonyl (C=O) groups excluding carboxylic acids is 1. The largest absolute Gasteiger partial charge is 0.385 e. The Morgan fingerprint density at radius 1 is 1.69 bits per heavy atom. The second kappa shape index (κ2) is 6.83. The van der Waals surface area contributed by atoms with E-state index in [-0.39, 0.29) is 12.0 Å². The van der Waals surface area contributed by atoms with Gasteiger partial charge in [0.05, 0.1) is 18.8 Å². The van der Waals surface area contributed by atoms with Crippen LogP contribution in [0.5, 0.6) is 0 Å². The fourth-order valence-electron chi connectivity index (χ4n) is 1.77. The summed E-state index contributed by atoms with van der Waals surface area (Å²) in [7, 11) is 1.61. The Kier molecular flexibility index (Phi) is 5.73. The van der Waals surface area contributed by atoms with Gasteiger partial charge in [-0.05, 0) is 12.8 Å². The molecular formula is C11H22N2O3. The standard InChI is InChI=1S/C11H22N2O3/c1-3-9-8-13(5-7-16-9)11(14)10(12)4-6-15-2/h9-10H,3-8,12H2,1-2H3. The zero-order valence-corrected chi connectivity index (χ0v) is 10.1. The molecule has 1 aliphatic rings. The number of hydrogen-bond acceptors (Lipinski definition) is 4. The van der Waals surface area contributed by atoms with Gasteiger partial charge in [-0.15, -0.1) is 0 Å². The zero-order chi connectivity index (χ0) is 12.0. The predicted octanol–water partition coefficient (Wildman–Crippen LogP) is -0.0124. The quantitative estimate of drug-likeness (QED) is 0.721. The van der Waals surface area contributed by atoms with E-state index in [1.807, 2.05) is 0 Å². The highest BCUT2D eigenvalue weighted by Gasteiger charge is 2.26. The van der Waals surface area contributed by atoms with E-state index in [1.54, 1.807) is 12.0 Å². The molecule has 1 fully saturated rings. The van der Waals surface area contributed by atoms with Crippen LogP contribution < -0.4 is 5.73 Å². The number of methoxy groups -OCH3 is 1. The monoisotopic (exact) mass is 230 g/mol. The average Bonchev–Trinajstić information content (AvgIpc) is 2.35. The third-order valence-corrected chi connectivity index (χ3v) is 2.86. The lowest BCUT2D eigenvalue weighted by Crippen LogP contribution is -2.51. The zero-order valence-electron chi connectivity index (χ0n) is 10.1. The molecule has 0 aromatic carbocycles. The molecule has 5 heteroatoms. The molecule has 2 unspecified atom stereocenters. The maximum atomic E-state index is 12.0. The highest BCUT2D eigenvalue weighted by Crippen LogP contribution is 2.09. The molecule has 1 amide bonds. The molecule has 0 aromatic heterocycles. The van der Waals surface area contributed by atoms with Crippen LogP contribution in [-0.2, 0) is 14.3 Å². The molecule has 1 rings (SSSR count). The molecule has 2 N–H and O–H groups in total. The second-order valence-corrected chi connectivity index (χ2v) is 4.07. The van der Waals surface area contributed by atoms with Crippen molar-refractivity contribution < 1.29 is 14.3 Å². The first-order valence-corrected chi connectivity index (χ1v) is 5.84. The lowest BCUT2D eigenvalue weighted by atomic mass is 10.1. The average molecular weight is 230 g/mol. The van der Waals surface area contributed by atoms with E-state index < -0.39 is 6.04 Å². The van der Waals surface area contributed by atoms with Crippen molar-refractivity contribution in [2.24, 2.45) is 5.73 Å². The Bertz CT molecular complexity index is 223. The van der Waals surface area contributed by atoms with Gasteiger partial charge < -0.3 is 20.1 Å². The van der Waals surface area contributed by atoms with Gasteiger partial charge in [0.2, 0.25) is 5.91 Å². The van der Waals surface area contributed by atoms with Gasteiger partial charge in [0.15, 0.2) is 0 Å². The van der Waals surface area contributed by atoms with Crippen molar-refractivity contribution in [2.45, 2.75) is 31.9 Å². The number of hydrogen-bond donors (Lipinski definition) is 1. The molecule has 1 heterocycles. The SMILES string of the molecule is CCC1CN(C(=O)C(N)CCOC)CCO1. The summed E-state index contributed by atoms with van der Waals surface area (Å²) in [5.41, 5.74) is 5.81. The van der Waals surface area contributed by atoms with Crippen LogP contribution >= 0.6 is 0 Å². The highest BCUT2D eigenvalue weighted by molar-refractivity contribution is 5.81. The van der Waals surface area contributed by atoms with Gasteiger partial charge in [0.25, 0.3) is 0 Å². The summed E-state index contributed by atoms with van der Waals surface area (Å²) in [4.78, 5) is 13.8. The summed E-state index contributed by atoms with van der Waals surface area (Å²) < 4.78 is 10.4. The van der Waals surface area contributed by atoms with Gasteiger partial charge >= 0.3 is 0 Å². The lowest BCUT2D eigenvalue weighted by Gasteiger charge is -2.34. The maximum absolute atomic E-state index is 12.0. The number of carbonyl (C=O) groups is 1. The van der Waals surface area contributed by atoms with Gasteiger partial charge in [-0.25, -0.2) is 0 Å². The van der Waals surface area contributed by atoms with Crippen molar-refractivity contribution in [3.8, 4) is 0 Å². The topological polar surface area (TPSA) is 64.8 Å². The fraction of sp³-hybridized carbons (Fsp3) is 0.909. The van der Waals surface area contributed by atoms with Crippen LogP contribution in [0.2, 0.25) is 0 Å². The number of ether oxygens (including phenoxy) is 2. The van der Waals surface area contributed by atoms with Crippen LogP contribution in [0.4, 0.5) is 0 Å². The molecule has 0 saturated carbocycles. The molecule has 16 heavy (non-hydrogen) atoms. The number of nitrogens with two attached hydrogens (primary N) is 1. The molecule has 1 aliphatic heterocycles. The molecule has 0 bridgehead atoms. The Morgan fingerprint density at radius 2 is 2.44 bits per heavy atom. The van der Waals surface area contributed by atoms with Crippen LogP contribution in [0.15, 0.2) is 0 Å². The fourth-order valence-corrected chi connectivity index (χ4v) is 1.77. The van der Waals surface area contributed by atoms with Crippen molar-refractivity contribution in [3.63, 3.8) is 0 Å². The summed E-state index contributed by atoms with van der Waals surface area (Å²) in [6.45, 7) is 4.51. The Labute approximate surface area is 96.9 Å². The first-order chi connectivity index (χ1) is 7.69. The van der Waals surface area contributed by atoms with Gasteiger partial charge in [-0.3, -0.25) is 4.79 Å². The summed E-state index contributed by atoms with van der Waals surface area (Å²) in [6, 6.07) is -0.449. The van der Waals surface area contributed by atoms with Crippen molar-refractivity contribution >= 4 is 5.91 Å². The van der Waals surface area contributed by atoms with E-state index >= 15 is 0 Å². The van der Waals surface area contributed by atoms with E-state index in [0.29, 0.717) is 32.7 Å². The maximum Gasteiger partial charge on any atom is 0.239 e. The second-order valence-electron chi connectivity index (χ2n) is 4.07. The van der Waals surface area contributed by atoms with Gasteiger partial charge in [-0.1, -0.05) is 6.92 Å². The van der Waals surface area contributed by atoms with Gasteiger partial charge in [0, 0.05) is 26.8 Å². The number of amides is 1. The molecule has 5 nitrogen and oxygen atoms in total.